The van der Waals surface area contributed by atoms with Gasteiger partial charge >= 0.3 is 0 Å². The highest BCUT2D eigenvalue weighted by molar-refractivity contribution is 6.30. The van der Waals surface area contributed by atoms with Gasteiger partial charge < -0.3 is 10.1 Å². The maximum Gasteiger partial charge on any atom is 0.241 e. The van der Waals surface area contributed by atoms with Crippen molar-refractivity contribution in [3.05, 3.63) is 71.8 Å². The van der Waals surface area contributed by atoms with Gasteiger partial charge in [0, 0.05) is 48.8 Å². The van der Waals surface area contributed by atoms with Crippen molar-refractivity contribution in [3.8, 4) is 5.75 Å². The number of nitrogens with one attached hydrogen (secondary N) is 1. The standard InChI is InChI=1S/C25H28ClN3O2/c1-19(25(30)27-24-8-4-6-20-5-2-3-7-23(20)24)29-15-13-28(14-16-29)17-18-31-22-11-9-21(26)10-12-22/h2-12,19H,13-18H2,1H3,(H,27,30)/t19-/m0/s1. The van der Waals surface area contributed by atoms with Crippen molar-refractivity contribution in [1.82, 2.24) is 9.80 Å². The van der Waals surface area contributed by atoms with Crippen molar-refractivity contribution in [1.29, 1.82) is 0 Å². The summed E-state index contributed by atoms with van der Waals surface area (Å²) in [5, 5.41) is 6.03. The summed E-state index contributed by atoms with van der Waals surface area (Å²) in [7, 11) is 0. The minimum Gasteiger partial charge on any atom is -0.492 e. The second-order valence-corrected chi connectivity index (χ2v) is 8.31. The molecule has 162 valence electrons. The van der Waals surface area contributed by atoms with E-state index in [1.807, 2.05) is 61.5 Å². The Bertz CT molecular complexity index is 1010. The summed E-state index contributed by atoms with van der Waals surface area (Å²) in [6.07, 6.45) is 0. The van der Waals surface area contributed by atoms with Gasteiger partial charge in [-0.1, -0.05) is 48.0 Å². The molecular weight excluding hydrogens is 410 g/mol. The first-order valence-corrected chi connectivity index (χ1v) is 11.1. The summed E-state index contributed by atoms with van der Waals surface area (Å²) >= 11 is 5.90. The predicted octanol–water partition coefficient (Wildman–Crippen LogP) is 4.52. The van der Waals surface area contributed by atoms with Crippen molar-refractivity contribution in [2.75, 3.05) is 44.6 Å². The lowest BCUT2D eigenvalue weighted by molar-refractivity contribution is -0.121. The number of halogens is 1. The van der Waals surface area contributed by atoms with Crippen LogP contribution in [0.15, 0.2) is 66.7 Å². The average molecular weight is 438 g/mol. The van der Waals surface area contributed by atoms with Crippen molar-refractivity contribution < 1.29 is 9.53 Å². The van der Waals surface area contributed by atoms with Gasteiger partial charge in [-0.05, 0) is 42.6 Å². The minimum atomic E-state index is -0.175. The van der Waals surface area contributed by atoms with Crippen molar-refractivity contribution in [3.63, 3.8) is 0 Å². The molecule has 1 aliphatic heterocycles. The number of fused-ring (bicyclic) bond motifs is 1. The molecule has 1 saturated heterocycles. The van der Waals surface area contributed by atoms with E-state index in [1.54, 1.807) is 0 Å². The van der Waals surface area contributed by atoms with Gasteiger partial charge in [-0.15, -0.1) is 0 Å². The predicted molar refractivity (Wildman–Crippen MR) is 127 cm³/mol. The van der Waals surface area contributed by atoms with Gasteiger partial charge in [0.05, 0.1) is 6.04 Å². The van der Waals surface area contributed by atoms with E-state index >= 15 is 0 Å². The lowest BCUT2D eigenvalue weighted by Gasteiger charge is -2.37. The summed E-state index contributed by atoms with van der Waals surface area (Å²) < 4.78 is 5.80. The number of hydrogen-bond donors (Lipinski definition) is 1. The van der Waals surface area contributed by atoms with Crippen LogP contribution in [-0.2, 0) is 4.79 Å². The van der Waals surface area contributed by atoms with Crippen LogP contribution in [0, 0.1) is 0 Å². The molecule has 1 aliphatic rings. The normalized spacial score (nSPS) is 16.2. The van der Waals surface area contributed by atoms with Gasteiger partial charge in [0.25, 0.3) is 0 Å². The largest absolute Gasteiger partial charge is 0.492 e. The Kier molecular flexibility index (Phi) is 7.07. The minimum absolute atomic E-state index is 0.0378. The van der Waals surface area contributed by atoms with Crippen LogP contribution >= 0.6 is 11.6 Å². The summed E-state index contributed by atoms with van der Waals surface area (Å²) in [5.41, 5.74) is 0.868. The molecule has 4 rings (SSSR count). The highest BCUT2D eigenvalue weighted by Gasteiger charge is 2.25. The van der Waals surface area contributed by atoms with Gasteiger partial charge in [0.2, 0.25) is 5.91 Å². The Morgan fingerprint density at radius 1 is 1.00 bits per heavy atom. The van der Waals surface area contributed by atoms with Crippen molar-refractivity contribution in [2.45, 2.75) is 13.0 Å². The van der Waals surface area contributed by atoms with Crippen LogP contribution < -0.4 is 10.1 Å². The fourth-order valence-corrected chi connectivity index (χ4v) is 4.06. The number of hydrogen-bond acceptors (Lipinski definition) is 4. The Balaban J connectivity index is 1.24. The number of nitrogens with zero attached hydrogens (tertiary/aromatic N) is 2. The number of anilines is 1. The zero-order valence-corrected chi connectivity index (χ0v) is 18.5. The molecule has 0 bridgehead atoms. The van der Waals surface area contributed by atoms with Crippen LogP contribution in [0.2, 0.25) is 5.02 Å². The van der Waals surface area contributed by atoms with Crippen LogP contribution in [0.5, 0.6) is 5.75 Å². The highest BCUT2D eigenvalue weighted by atomic mass is 35.5. The number of benzene rings is 3. The molecule has 1 fully saturated rings. The molecule has 0 radical (unpaired) electrons. The van der Waals surface area contributed by atoms with E-state index in [0.29, 0.717) is 11.6 Å². The molecule has 0 saturated carbocycles. The maximum atomic E-state index is 12.9. The molecule has 0 aliphatic carbocycles. The van der Waals surface area contributed by atoms with Gasteiger partial charge in [0.1, 0.15) is 12.4 Å². The van der Waals surface area contributed by atoms with E-state index in [4.69, 9.17) is 16.3 Å². The maximum absolute atomic E-state index is 12.9. The summed E-state index contributed by atoms with van der Waals surface area (Å²) in [6.45, 7) is 7.08. The van der Waals surface area contributed by atoms with E-state index < -0.39 is 0 Å². The molecule has 3 aromatic rings. The second-order valence-electron chi connectivity index (χ2n) is 7.87. The molecule has 1 heterocycles. The second kappa shape index (κ2) is 10.1. The Hall–Kier alpha value is -2.60. The number of carbonyl (C=O) groups excluding carboxylic acids is 1. The Morgan fingerprint density at radius 3 is 2.48 bits per heavy atom. The topological polar surface area (TPSA) is 44.8 Å². The molecule has 3 aromatic carbocycles. The zero-order valence-electron chi connectivity index (χ0n) is 17.8. The monoisotopic (exact) mass is 437 g/mol. The smallest absolute Gasteiger partial charge is 0.241 e. The van der Waals surface area contributed by atoms with E-state index in [2.05, 4.69) is 27.2 Å². The fourth-order valence-electron chi connectivity index (χ4n) is 3.94. The van der Waals surface area contributed by atoms with E-state index in [1.165, 1.54) is 0 Å². The van der Waals surface area contributed by atoms with E-state index in [9.17, 15) is 4.79 Å². The fraction of sp³-hybridized carbons (Fsp3) is 0.320. The summed E-state index contributed by atoms with van der Waals surface area (Å²) in [5.74, 6) is 0.873. The number of rotatable bonds is 7. The number of piperazine rings is 1. The quantitative estimate of drug-likeness (QED) is 0.590. The molecule has 6 heteroatoms. The molecule has 1 N–H and O–H groups in total. The van der Waals surface area contributed by atoms with Gasteiger partial charge in [-0.25, -0.2) is 0 Å². The highest BCUT2D eigenvalue weighted by Crippen LogP contribution is 2.23. The third-order valence-electron chi connectivity index (χ3n) is 5.87. The van der Waals surface area contributed by atoms with Crippen LogP contribution in [-0.4, -0.2) is 61.1 Å². The summed E-state index contributed by atoms with van der Waals surface area (Å²) in [6, 6.07) is 21.4. The molecule has 0 unspecified atom stereocenters. The lowest BCUT2D eigenvalue weighted by atomic mass is 10.1. The number of amides is 1. The third kappa shape index (κ3) is 5.56. The van der Waals surface area contributed by atoms with Crippen LogP contribution in [0.1, 0.15) is 6.92 Å². The van der Waals surface area contributed by atoms with Gasteiger partial charge in [0.15, 0.2) is 0 Å². The molecular formula is C25H28ClN3O2. The first kappa shape index (κ1) is 21.6. The molecule has 31 heavy (non-hydrogen) atoms. The molecule has 0 spiro atoms. The van der Waals surface area contributed by atoms with E-state index in [0.717, 1.165) is 54.9 Å². The van der Waals surface area contributed by atoms with Crippen LogP contribution in [0.4, 0.5) is 5.69 Å². The van der Waals surface area contributed by atoms with Crippen molar-refractivity contribution >= 4 is 34.0 Å². The van der Waals surface area contributed by atoms with Crippen molar-refractivity contribution in [2.24, 2.45) is 0 Å². The third-order valence-corrected chi connectivity index (χ3v) is 6.12. The first-order chi connectivity index (χ1) is 15.1. The number of ether oxygens (including phenoxy) is 1. The first-order valence-electron chi connectivity index (χ1n) is 10.7. The SMILES string of the molecule is C[C@@H](C(=O)Nc1cccc2ccccc12)N1CCN(CCOc2ccc(Cl)cc2)CC1. The summed E-state index contributed by atoms with van der Waals surface area (Å²) in [4.78, 5) is 17.5. The molecule has 0 aromatic heterocycles. The van der Waals surface area contributed by atoms with Gasteiger partial charge in [-0.2, -0.15) is 0 Å². The van der Waals surface area contributed by atoms with E-state index in [-0.39, 0.29) is 11.9 Å². The van der Waals surface area contributed by atoms with Gasteiger partial charge in [-0.3, -0.25) is 14.6 Å². The van der Waals surface area contributed by atoms with Crippen LogP contribution in [0.25, 0.3) is 10.8 Å². The number of carbonyl (C=O) groups is 1. The Morgan fingerprint density at radius 2 is 1.71 bits per heavy atom. The van der Waals surface area contributed by atoms with Crippen LogP contribution in [0.3, 0.4) is 0 Å². The molecule has 5 nitrogen and oxygen atoms in total. The Labute approximate surface area is 188 Å². The molecule has 1 amide bonds. The lowest BCUT2D eigenvalue weighted by Crippen LogP contribution is -2.53. The average Bonchev–Trinajstić information content (AvgIpc) is 2.80. The molecule has 1 atom stereocenters. The zero-order chi connectivity index (χ0) is 21.6.